The molecule has 1 atom stereocenters. The van der Waals surface area contributed by atoms with Gasteiger partial charge in [0.25, 0.3) is 0 Å². The molecule has 2 aliphatic heterocycles. The van der Waals surface area contributed by atoms with Crippen molar-refractivity contribution < 1.29 is 60.0 Å². The lowest BCUT2D eigenvalue weighted by Gasteiger charge is -2.50. The van der Waals surface area contributed by atoms with Crippen molar-refractivity contribution in [2.75, 3.05) is 26.3 Å². The number of ether oxygens (including phenoxy) is 2. The van der Waals surface area contributed by atoms with Gasteiger partial charge >= 0.3 is 24.3 Å². The van der Waals surface area contributed by atoms with Crippen LogP contribution in [0.2, 0.25) is 0 Å². The lowest BCUT2D eigenvalue weighted by atomic mass is 9.79. The Morgan fingerprint density at radius 3 is 2.21 bits per heavy atom. The van der Waals surface area contributed by atoms with Gasteiger partial charge in [-0.05, 0) is 30.9 Å². The summed E-state index contributed by atoms with van der Waals surface area (Å²) in [6, 6.07) is 2.93. The summed E-state index contributed by atoms with van der Waals surface area (Å²) in [5.74, 6) is -5.38. The smallest absolute Gasteiger partial charge is 0.476 e. The Morgan fingerprint density at radius 1 is 1.11 bits per heavy atom. The molecule has 0 amide bonds. The summed E-state index contributed by atoms with van der Waals surface area (Å²) in [4.78, 5) is 28.4. The number of rotatable bonds is 6. The molecule has 17 heteroatoms. The molecule has 0 bridgehead atoms. The molecular weight excluding hydrogens is 555 g/mol. The fraction of sp³-hybridized carbons (Fsp3) is 0.524. The van der Waals surface area contributed by atoms with Gasteiger partial charge in [-0.25, -0.2) is 23.9 Å². The van der Waals surface area contributed by atoms with Gasteiger partial charge < -0.3 is 19.7 Å². The molecule has 0 saturated carbocycles. The minimum atomic E-state index is -5.08. The molecule has 0 aliphatic carbocycles. The van der Waals surface area contributed by atoms with E-state index in [9.17, 15) is 30.7 Å². The first-order valence-corrected chi connectivity index (χ1v) is 11.6. The summed E-state index contributed by atoms with van der Waals surface area (Å²) in [5.41, 5.74) is -0.0523. The predicted octanol–water partition coefficient (Wildman–Crippen LogP) is 4.00. The number of nitrogens with zero attached hydrogens (tertiary/aromatic N) is 3. The van der Waals surface area contributed by atoms with E-state index in [-0.39, 0.29) is 11.5 Å². The lowest BCUT2D eigenvalue weighted by molar-refractivity contribution is -0.193. The van der Waals surface area contributed by atoms with Crippen LogP contribution in [0.3, 0.4) is 0 Å². The van der Waals surface area contributed by atoms with Gasteiger partial charge in [-0.3, -0.25) is 4.90 Å². The third kappa shape index (κ3) is 9.36. The Kier molecular flexibility index (Phi) is 10.8. The van der Waals surface area contributed by atoms with Crippen molar-refractivity contribution in [3.05, 3.63) is 40.7 Å². The second-order valence-electron chi connectivity index (χ2n) is 8.00. The van der Waals surface area contributed by atoms with Crippen LogP contribution in [0.5, 0.6) is 5.88 Å². The van der Waals surface area contributed by atoms with Gasteiger partial charge in [0.15, 0.2) is 5.82 Å². The highest BCUT2D eigenvalue weighted by molar-refractivity contribution is 7.09. The quantitative estimate of drug-likeness (QED) is 0.491. The van der Waals surface area contributed by atoms with E-state index in [0.29, 0.717) is 12.5 Å². The average Bonchev–Trinajstić information content (AvgIpc) is 3.45. The van der Waals surface area contributed by atoms with Crippen LogP contribution in [-0.2, 0) is 20.9 Å². The third-order valence-corrected chi connectivity index (χ3v) is 6.10. The Labute approximate surface area is 214 Å². The highest BCUT2D eigenvalue weighted by Gasteiger charge is 2.52. The summed E-state index contributed by atoms with van der Waals surface area (Å²) in [6.45, 7) is 4.04. The van der Waals surface area contributed by atoms with Gasteiger partial charge in [-0.15, -0.1) is 11.3 Å². The molecule has 0 radical (unpaired) electrons. The minimum Gasteiger partial charge on any atom is -0.476 e. The zero-order valence-electron chi connectivity index (χ0n) is 19.3. The Hall–Kier alpha value is -3.05. The fourth-order valence-corrected chi connectivity index (χ4v) is 4.32. The molecule has 0 aromatic carbocycles. The van der Waals surface area contributed by atoms with Crippen LogP contribution in [0.15, 0.2) is 29.9 Å². The highest BCUT2D eigenvalue weighted by Crippen LogP contribution is 2.42. The molecule has 1 unspecified atom stereocenters. The number of hydrogen-bond acceptors (Lipinski definition) is 8. The summed E-state index contributed by atoms with van der Waals surface area (Å²) < 4.78 is 88.6. The van der Waals surface area contributed by atoms with E-state index >= 15 is 0 Å². The van der Waals surface area contributed by atoms with Gasteiger partial charge in [0.2, 0.25) is 5.88 Å². The molecule has 4 rings (SSSR count). The fourth-order valence-electron chi connectivity index (χ4n) is 3.66. The monoisotopic (exact) mass is 577 g/mol. The maximum atomic E-state index is 13.5. The van der Waals surface area contributed by atoms with E-state index in [4.69, 9.17) is 29.3 Å². The van der Waals surface area contributed by atoms with Gasteiger partial charge in [-0.1, -0.05) is 0 Å². The Bertz CT molecular complexity index is 1020. The number of carboxylic acids is 2. The van der Waals surface area contributed by atoms with Gasteiger partial charge in [0.1, 0.15) is 5.01 Å². The summed E-state index contributed by atoms with van der Waals surface area (Å²) in [5, 5.41) is 17.4. The second kappa shape index (κ2) is 13.1. The van der Waals surface area contributed by atoms with Gasteiger partial charge in [0, 0.05) is 37.5 Å². The SMILES string of the molecule is Fc1cccnc1OCCC1CCOC12CN(Cc1nccs1)C2.O=C(O)C(F)(F)F.O=C(O)C(F)(F)F. The number of carbonyl (C=O) groups is 2. The molecule has 2 aromatic heterocycles. The minimum absolute atomic E-state index is 0.0523. The number of alkyl halides is 6. The molecule has 2 aromatic rings. The molecular formula is C21H22F7N3O6S. The number of halogens is 7. The lowest BCUT2D eigenvalue weighted by Crippen LogP contribution is -2.64. The van der Waals surface area contributed by atoms with Crippen LogP contribution in [0, 0.1) is 11.7 Å². The third-order valence-electron chi connectivity index (χ3n) is 5.34. The zero-order chi connectivity index (χ0) is 28.6. The van der Waals surface area contributed by atoms with Crippen molar-refractivity contribution in [2.45, 2.75) is 37.3 Å². The summed E-state index contributed by atoms with van der Waals surface area (Å²) >= 11 is 1.69. The van der Waals surface area contributed by atoms with E-state index < -0.39 is 30.1 Å². The number of carboxylic acid groups (broad SMARTS) is 2. The van der Waals surface area contributed by atoms with Crippen molar-refractivity contribution in [3.8, 4) is 5.88 Å². The molecule has 2 fully saturated rings. The maximum absolute atomic E-state index is 13.5. The maximum Gasteiger partial charge on any atom is 0.490 e. The van der Waals surface area contributed by atoms with E-state index in [1.807, 2.05) is 11.6 Å². The molecule has 9 nitrogen and oxygen atoms in total. The van der Waals surface area contributed by atoms with Crippen LogP contribution in [0.1, 0.15) is 17.8 Å². The zero-order valence-corrected chi connectivity index (χ0v) is 20.2. The summed E-state index contributed by atoms with van der Waals surface area (Å²) in [7, 11) is 0. The predicted molar refractivity (Wildman–Crippen MR) is 116 cm³/mol. The average molecular weight is 577 g/mol. The van der Waals surface area contributed by atoms with Crippen LogP contribution in [-0.4, -0.2) is 81.3 Å². The molecule has 2 N–H and O–H groups in total. The van der Waals surface area contributed by atoms with Gasteiger partial charge in [0.05, 0.1) is 18.8 Å². The second-order valence-corrected chi connectivity index (χ2v) is 8.98. The first kappa shape index (κ1) is 31.2. The normalized spacial score (nSPS) is 18.4. The molecule has 2 aliphatic rings. The standard InChI is InChI=1S/C17H20FN3O2S.2C2HF3O2/c18-14-2-1-5-20-16(14)22-7-3-13-4-8-23-17(13)11-21(12-17)10-15-19-6-9-24-15;2*3-2(4,5)1(6)7/h1-2,5-6,9,13H,3-4,7-8,10-12H2;2*(H,6,7). The van der Waals surface area contributed by atoms with Crippen LogP contribution >= 0.6 is 11.3 Å². The molecule has 38 heavy (non-hydrogen) atoms. The van der Waals surface area contributed by atoms with E-state index in [1.165, 1.54) is 6.07 Å². The van der Waals surface area contributed by atoms with Crippen molar-refractivity contribution in [1.29, 1.82) is 0 Å². The van der Waals surface area contributed by atoms with Crippen molar-refractivity contribution in [2.24, 2.45) is 5.92 Å². The Balaban J connectivity index is 0.000000301. The van der Waals surface area contributed by atoms with E-state index in [2.05, 4.69) is 14.9 Å². The van der Waals surface area contributed by atoms with Crippen LogP contribution in [0.25, 0.3) is 0 Å². The van der Waals surface area contributed by atoms with Crippen molar-refractivity contribution >= 4 is 23.3 Å². The van der Waals surface area contributed by atoms with E-state index in [0.717, 1.165) is 44.1 Å². The first-order chi connectivity index (χ1) is 17.6. The number of hydrogen-bond donors (Lipinski definition) is 2. The number of aliphatic carboxylic acids is 2. The highest BCUT2D eigenvalue weighted by atomic mass is 32.1. The molecule has 1 spiro atoms. The number of thiazole rings is 1. The molecule has 2 saturated heterocycles. The van der Waals surface area contributed by atoms with E-state index in [1.54, 1.807) is 23.6 Å². The van der Waals surface area contributed by atoms with Crippen LogP contribution < -0.4 is 4.74 Å². The number of aromatic nitrogens is 2. The molecule has 212 valence electrons. The number of likely N-dealkylation sites (tertiary alicyclic amines) is 1. The van der Waals surface area contributed by atoms with Gasteiger partial charge in [-0.2, -0.15) is 26.3 Å². The molecule has 4 heterocycles. The summed E-state index contributed by atoms with van der Waals surface area (Å²) in [6.07, 6.45) is -4.88. The Morgan fingerprint density at radius 2 is 1.71 bits per heavy atom. The van der Waals surface area contributed by atoms with Crippen molar-refractivity contribution in [1.82, 2.24) is 14.9 Å². The van der Waals surface area contributed by atoms with Crippen molar-refractivity contribution in [3.63, 3.8) is 0 Å². The first-order valence-electron chi connectivity index (χ1n) is 10.7. The largest absolute Gasteiger partial charge is 0.490 e. The number of pyridine rings is 1. The topological polar surface area (TPSA) is 122 Å². The van der Waals surface area contributed by atoms with Crippen LogP contribution in [0.4, 0.5) is 30.7 Å².